The minimum Gasteiger partial charge on any atom is -0.422 e. The summed E-state index contributed by atoms with van der Waals surface area (Å²) in [6.45, 7) is 0. The van der Waals surface area contributed by atoms with E-state index < -0.39 is 0 Å². The monoisotopic (exact) mass is 196 g/mol. The van der Waals surface area contributed by atoms with Gasteiger partial charge in [0.25, 0.3) is 5.89 Å². The van der Waals surface area contributed by atoms with E-state index in [9.17, 15) is 0 Å². The Kier molecular flexibility index (Phi) is 1.86. The van der Waals surface area contributed by atoms with E-state index in [2.05, 4.69) is 15.2 Å². The number of hydrogen-bond donors (Lipinski definition) is 1. The van der Waals surface area contributed by atoms with Gasteiger partial charge in [0, 0.05) is 0 Å². The van der Waals surface area contributed by atoms with Crippen molar-refractivity contribution in [1.29, 1.82) is 0 Å². The first-order valence-corrected chi connectivity index (χ1v) is 3.84. The van der Waals surface area contributed by atoms with Gasteiger partial charge in [0.2, 0.25) is 6.39 Å². The van der Waals surface area contributed by atoms with Crippen LogP contribution in [0.3, 0.4) is 0 Å². The van der Waals surface area contributed by atoms with Crippen LogP contribution in [0.15, 0.2) is 22.9 Å². The summed E-state index contributed by atoms with van der Waals surface area (Å²) in [5.74, 6) is 0.264. The van der Waals surface area contributed by atoms with Crippen molar-refractivity contribution in [2.24, 2.45) is 0 Å². The fraction of sp³-hybridized carbons (Fsp3) is 0. The predicted octanol–water partition coefficient (Wildman–Crippen LogP) is 1.37. The average molecular weight is 197 g/mol. The first-order valence-electron chi connectivity index (χ1n) is 3.46. The van der Waals surface area contributed by atoms with Crippen molar-refractivity contribution in [3.63, 3.8) is 0 Å². The number of nitrogen functional groups attached to an aromatic ring is 1. The molecule has 0 aliphatic carbocycles. The number of pyridine rings is 1. The lowest BCUT2D eigenvalue weighted by Gasteiger charge is -1.98. The van der Waals surface area contributed by atoms with Crippen molar-refractivity contribution < 1.29 is 4.42 Å². The van der Waals surface area contributed by atoms with E-state index in [4.69, 9.17) is 21.8 Å². The van der Waals surface area contributed by atoms with Gasteiger partial charge in [0.15, 0.2) is 5.69 Å². The van der Waals surface area contributed by atoms with Crippen LogP contribution in [0.4, 0.5) is 5.69 Å². The van der Waals surface area contributed by atoms with Crippen LogP contribution in [0.1, 0.15) is 0 Å². The van der Waals surface area contributed by atoms with E-state index in [1.165, 1.54) is 6.39 Å². The van der Waals surface area contributed by atoms with Crippen molar-refractivity contribution >= 4 is 17.3 Å². The highest BCUT2D eigenvalue weighted by Crippen LogP contribution is 2.22. The van der Waals surface area contributed by atoms with E-state index in [-0.39, 0.29) is 5.89 Å². The first-order chi connectivity index (χ1) is 6.27. The summed E-state index contributed by atoms with van der Waals surface area (Å²) in [6.07, 6.45) is 1.21. The summed E-state index contributed by atoms with van der Waals surface area (Å²) >= 11 is 5.68. The number of anilines is 1. The van der Waals surface area contributed by atoms with E-state index >= 15 is 0 Å². The van der Waals surface area contributed by atoms with Crippen LogP contribution >= 0.6 is 11.6 Å². The smallest absolute Gasteiger partial charge is 0.268 e. The maximum Gasteiger partial charge on any atom is 0.268 e. The van der Waals surface area contributed by atoms with Crippen molar-refractivity contribution in [2.75, 3.05) is 5.73 Å². The molecule has 0 spiro atoms. The fourth-order valence-electron chi connectivity index (χ4n) is 0.894. The zero-order valence-corrected chi connectivity index (χ0v) is 7.19. The maximum atomic E-state index is 5.68. The molecule has 2 heterocycles. The number of aromatic nitrogens is 3. The molecule has 2 aromatic heterocycles. The largest absolute Gasteiger partial charge is 0.422 e. The standard InChI is InChI=1S/C7H5ClN4O/c8-5-2-1-4(9)6(11-5)7-12-10-3-13-7/h1-3H,9H2. The summed E-state index contributed by atoms with van der Waals surface area (Å²) in [6, 6.07) is 3.23. The molecule has 0 saturated heterocycles. The number of nitrogens with two attached hydrogens (primary N) is 1. The van der Waals surface area contributed by atoms with E-state index in [0.29, 0.717) is 16.5 Å². The lowest BCUT2D eigenvalue weighted by atomic mass is 10.3. The van der Waals surface area contributed by atoms with E-state index in [1.54, 1.807) is 12.1 Å². The van der Waals surface area contributed by atoms with Gasteiger partial charge in [-0.15, -0.1) is 10.2 Å². The zero-order valence-electron chi connectivity index (χ0n) is 6.44. The highest BCUT2D eigenvalue weighted by Gasteiger charge is 2.09. The Hall–Kier alpha value is -1.62. The van der Waals surface area contributed by atoms with E-state index in [1.807, 2.05) is 0 Å². The number of halogens is 1. The zero-order chi connectivity index (χ0) is 9.26. The number of rotatable bonds is 1. The third-order valence-corrected chi connectivity index (χ3v) is 1.67. The van der Waals surface area contributed by atoms with Crippen LogP contribution in [0.2, 0.25) is 5.15 Å². The first kappa shape index (κ1) is 8.00. The predicted molar refractivity (Wildman–Crippen MR) is 47.0 cm³/mol. The molecular weight excluding hydrogens is 192 g/mol. The second kappa shape index (κ2) is 3.02. The second-order valence-corrected chi connectivity index (χ2v) is 2.70. The molecule has 2 aromatic rings. The molecule has 0 atom stereocenters. The minimum atomic E-state index is 0.264. The number of hydrogen-bond acceptors (Lipinski definition) is 5. The number of nitrogens with zero attached hydrogens (tertiary/aromatic N) is 3. The van der Waals surface area contributed by atoms with Crippen LogP contribution in [0, 0.1) is 0 Å². The Balaban J connectivity index is 2.57. The molecule has 5 nitrogen and oxygen atoms in total. The summed E-state index contributed by atoms with van der Waals surface area (Å²) in [7, 11) is 0. The highest BCUT2D eigenvalue weighted by molar-refractivity contribution is 6.29. The summed E-state index contributed by atoms with van der Waals surface area (Å²) in [4.78, 5) is 3.96. The molecule has 0 radical (unpaired) electrons. The summed E-state index contributed by atoms with van der Waals surface area (Å²) in [5.41, 5.74) is 6.49. The van der Waals surface area contributed by atoms with Gasteiger partial charge < -0.3 is 10.2 Å². The molecule has 0 fully saturated rings. The molecule has 0 aliphatic rings. The van der Waals surface area contributed by atoms with Crippen molar-refractivity contribution in [3.05, 3.63) is 23.7 Å². The molecule has 66 valence electrons. The molecule has 0 bridgehead atoms. The Bertz CT molecular complexity index is 414. The van der Waals surface area contributed by atoms with Gasteiger partial charge in [0.1, 0.15) is 5.15 Å². The van der Waals surface area contributed by atoms with Gasteiger partial charge in [-0.25, -0.2) is 4.98 Å². The molecule has 2 rings (SSSR count). The molecule has 6 heteroatoms. The maximum absolute atomic E-state index is 5.68. The highest BCUT2D eigenvalue weighted by atomic mass is 35.5. The van der Waals surface area contributed by atoms with Gasteiger partial charge in [-0.05, 0) is 12.1 Å². The lowest BCUT2D eigenvalue weighted by molar-refractivity contribution is 0.566. The topological polar surface area (TPSA) is 77.8 Å². The van der Waals surface area contributed by atoms with Gasteiger partial charge >= 0.3 is 0 Å². The van der Waals surface area contributed by atoms with Crippen molar-refractivity contribution in [1.82, 2.24) is 15.2 Å². The molecule has 13 heavy (non-hydrogen) atoms. The van der Waals surface area contributed by atoms with Crippen LogP contribution < -0.4 is 5.73 Å². The summed E-state index contributed by atoms with van der Waals surface area (Å²) in [5, 5.41) is 7.52. The Morgan fingerprint density at radius 3 is 2.92 bits per heavy atom. The molecule has 2 N–H and O–H groups in total. The van der Waals surface area contributed by atoms with Gasteiger partial charge in [-0.2, -0.15) is 0 Å². The molecule has 0 unspecified atom stereocenters. The summed E-state index contributed by atoms with van der Waals surface area (Å²) < 4.78 is 4.93. The van der Waals surface area contributed by atoms with Crippen LogP contribution in [-0.4, -0.2) is 15.2 Å². The molecular formula is C7H5ClN4O. The SMILES string of the molecule is Nc1ccc(Cl)nc1-c1nnco1. The molecule has 0 saturated carbocycles. The third kappa shape index (κ3) is 1.46. The lowest BCUT2D eigenvalue weighted by Crippen LogP contribution is -1.93. The molecule has 0 amide bonds. The quantitative estimate of drug-likeness (QED) is 0.697. The van der Waals surface area contributed by atoms with Crippen molar-refractivity contribution in [3.8, 4) is 11.6 Å². The van der Waals surface area contributed by atoms with Crippen LogP contribution in [0.25, 0.3) is 11.6 Å². The molecule has 0 aliphatic heterocycles. The van der Waals surface area contributed by atoms with Gasteiger partial charge in [0.05, 0.1) is 5.69 Å². The third-order valence-electron chi connectivity index (χ3n) is 1.46. The Morgan fingerprint density at radius 1 is 1.38 bits per heavy atom. The normalized spacial score (nSPS) is 10.2. The van der Waals surface area contributed by atoms with Gasteiger partial charge in [-0.3, -0.25) is 0 Å². The Morgan fingerprint density at radius 2 is 2.23 bits per heavy atom. The van der Waals surface area contributed by atoms with Crippen LogP contribution in [-0.2, 0) is 0 Å². The fourth-order valence-corrected chi connectivity index (χ4v) is 1.04. The minimum absolute atomic E-state index is 0.264. The van der Waals surface area contributed by atoms with Gasteiger partial charge in [-0.1, -0.05) is 11.6 Å². The average Bonchev–Trinajstić information content (AvgIpc) is 2.61. The van der Waals surface area contributed by atoms with Crippen molar-refractivity contribution in [2.45, 2.75) is 0 Å². The molecule has 0 aromatic carbocycles. The van der Waals surface area contributed by atoms with Crippen LogP contribution in [0.5, 0.6) is 0 Å². The van der Waals surface area contributed by atoms with E-state index in [0.717, 1.165) is 0 Å². The Labute approximate surface area is 78.6 Å². The second-order valence-electron chi connectivity index (χ2n) is 2.32.